The molecule has 0 N–H and O–H groups in total. The quantitative estimate of drug-likeness (QED) is 0.458. The van der Waals surface area contributed by atoms with Gasteiger partial charge in [0.2, 0.25) is 0 Å². The number of hydrogen-bond acceptors (Lipinski definition) is 0. The minimum atomic E-state index is 0. The molecule has 1 radical (unpaired) electrons. The number of hydrogen-bond donors (Lipinski definition) is 0. The van der Waals surface area contributed by atoms with Gasteiger partial charge in [-0.05, 0) is 0 Å². The van der Waals surface area contributed by atoms with E-state index in [1.807, 2.05) is 0 Å². The fourth-order valence-corrected chi connectivity index (χ4v) is 1.03. The maximum absolute atomic E-state index is 3.12. The van der Waals surface area contributed by atoms with Crippen molar-refractivity contribution in [2.45, 2.75) is 38.2 Å². The van der Waals surface area contributed by atoms with E-state index in [-0.39, 0.29) is 26.2 Å². The molecule has 0 saturated heterocycles. The van der Waals surface area contributed by atoms with Crippen LogP contribution in [0.4, 0.5) is 0 Å². The maximum Gasteiger partial charge on any atom is 2.00 e. The molecule has 0 unspecified atom stereocenters. The molecule has 2 aliphatic carbocycles. The van der Waals surface area contributed by atoms with Crippen LogP contribution in [0.5, 0.6) is 0 Å². The Morgan fingerprint density at radius 2 is 1.25 bits per heavy atom. The summed E-state index contributed by atoms with van der Waals surface area (Å²) in [7, 11) is 0. The Hall–Kier alpha value is 0.386. The molecule has 0 aromatic heterocycles. The molecule has 2 aliphatic rings. The molecule has 0 saturated carbocycles. The van der Waals surface area contributed by atoms with E-state index in [1.165, 1.54) is 11.1 Å². The van der Waals surface area contributed by atoms with Gasteiger partial charge in [0.1, 0.15) is 0 Å². The van der Waals surface area contributed by atoms with Gasteiger partial charge in [-0.25, -0.2) is 23.3 Å². The summed E-state index contributed by atoms with van der Waals surface area (Å²) < 4.78 is 0. The van der Waals surface area contributed by atoms with Crippen molar-refractivity contribution < 1.29 is 26.2 Å². The van der Waals surface area contributed by atoms with Crippen molar-refractivity contribution in [1.82, 2.24) is 0 Å². The SMILES string of the molecule is CC1=[C-]CC=C1.CC1=[C-]CC=C1.[CH3][GeH][CH3].[Zr+2]. The molecule has 0 bridgehead atoms. The van der Waals surface area contributed by atoms with Crippen molar-refractivity contribution in [3.8, 4) is 0 Å². The minimum absolute atomic E-state index is 0. The predicted molar refractivity (Wildman–Crippen MR) is 71.3 cm³/mol. The zero-order valence-electron chi connectivity index (χ0n) is 10.8. The van der Waals surface area contributed by atoms with Crippen molar-refractivity contribution in [3.05, 3.63) is 47.6 Å². The molecule has 2 rings (SSSR count). The zero-order chi connectivity index (χ0) is 11.5. The summed E-state index contributed by atoms with van der Waals surface area (Å²) in [5.74, 6) is 4.56. The molecule has 0 spiro atoms. The van der Waals surface area contributed by atoms with Crippen LogP contribution in [0, 0.1) is 12.2 Å². The second-order valence-corrected chi connectivity index (χ2v) is 5.93. The Morgan fingerprint density at radius 3 is 1.31 bits per heavy atom. The maximum atomic E-state index is 3.12. The van der Waals surface area contributed by atoms with E-state index in [9.17, 15) is 0 Å². The third-order valence-electron chi connectivity index (χ3n) is 1.73. The molecule has 2 heteroatoms. The molecule has 0 aromatic carbocycles. The molecule has 0 heterocycles. The Balaban J connectivity index is 0. The van der Waals surface area contributed by atoms with Gasteiger partial charge in [0, 0.05) is 0 Å². The van der Waals surface area contributed by atoms with Crippen molar-refractivity contribution in [2.75, 3.05) is 0 Å². The third-order valence-corrected chi connectivity index (χ3v) is 1.73. The summed E-state index contributed by atoms with van der Waals surface area (Å²) in [6.45, 7) is 4.12. The molecule has 85 valence electrons. The summed E-state index contributed by atoms with van der Waals surface area (Å²) in [6.07, 6.45) is 16.7. The van der Waals surface area contributed by atoms with Gasteiger partial charge >= 0.3 is 53.1 Å². The second-order valence-electron chi connectivity index (χ2n) is 3.51. The predicted octanol–water partition coefficient (Wildman–Crippen LogP) is 3.91. The molecule has 16 heavy (non-hydrogen) atoms. The molecule has 0 aromatic rings. The molecule has 0 nitrogen and oxygen atoms in total. The Labute approximate surface area is 127 Å². The van der Waals surface area contributed by atoms with Crippen LogP contribution in [0.3, 0.4) is 0 Å². The summed E-state index contributed by atoms with van der Waals surface area (Å²) >= 11 is 0.312. The van der Waals surface area contributed by atoms with Crippen molar-refractivity contribution in [2.24, 2.45) is 0 Å². The number of rotatable bonds is 0. The van der Waals surface area contributed by atoms with Gasteiger partial charge in [0.05, 0.1) is 0 Å². The van der Waals surface area contributed by atoms with Crippen molar-refractivity contribution in [1.29, 1.82) is 0 Å². The summed E-state index contributed by atoms with van der Waals surface area (Å²) in [6, 6.07) is 0. The first-order valence-corrected chi connectivity index (χ1v) is 10.3. The van der Waals surface area contributed by atoms with Gasteiger partial charge < -0.3 is 0 Å². The van der Waals surface area contributed by atoms with Gasteiger partial charge in [-0.1, -0.05) is 13.8 Å². The fraction of sp³-hybridized carbons (Fsp3) is 0.429. The van der Waals surface area contributed by atoms with Gasteiger partial charge in [-0.2, -0.15) is 12.2 Å². The molecule has 0 atom stereocenters. The van der Waals surface area contributed by atoms with E-state index in [2.05, 4.69) is 61.8 Å². The second kappa shape index (κ2) is 13.5. The van der Waals surface area contributed by atoms with Crippen LogP contribution in [0.2, 0.25) is 11.5 Å². The van der Waals surface area contributed by atoms with E-state index < -0.39 is 0 Å². The minimum Gasteiger partial charge on any atom is 2.00 e. The summed E-state index contributed by atoms with van der Waals surface area (Å²) in [5, 5.41) is 0. The third kappa shape index (κ3) is 12.5. The topological polar surface area (TPSA) is 0 Å². The Kier molecular flexibility index (Phi) is 15.8. The van der Waals surface area contributed by atoms with Crippen LogP contribution in [-0.2, 0) is 26.2 Å². The van der Waals surface area contributed by atoms with E-state index in [4.69, 9.17) is 0 Å². The smallest absolute Gasteiger partial charge is 2.00 e. The molecular weight excluding hydrogens is 332 g/mol. The largest absolute Gasteiger partial charge is 2.00 e. The van der Waals surface area contributed by atoms with Gasteiger partial charge in [0.15, 0.2) is 0 Å². The molecular formula is C14H21GeZr. The average molecular weight is 353 g/mol. The zero-order valence-corrected chi connectivity index (χ0v) is 15.7. The van der Waals surface area contributed by atoms with Crippen molar-refractivity contribution in [3.63, 3.8) is 0 Å². The van der Waals surface area contributed by atoms with Crippen LogP contribution in [0.25, 0.3) is 0 Å². The summed E-state index contributed by atoms with van der Waals surface area (Å²) in [5.41, 5.74) is 2.55. The monoisotopic (exact) mass is 353 g/mol. The first-order chi connectivity index (χ1) is 7.20. The normalized spacial score (nSPS) is 15.0. The van der Waals surface area contributed by atoms with E-state index >= 15 is 0 Å². The van der Waals surface area contributed by atoms with Crippen LogP contribution < -0.4 is 0 Å². The Morgan fingerprint density at radius 1 is 0.938 bits per heavy atom. The first-order valence-electron chi connectivity index (χ1n) is 5.42. The molecule has 0 aliphatic heterocycles. The van der Waals surface area contributed by atoms with Crippen LogP contribution in [-0.4, -0.2) is 15.4 Å². The fourth-order valence-electron chi connectivity index (χ4n) is 1.03. The van der Waals surface area contributed by atoms with Crippen LogP contribution in [0.15, 0.2) is 35.5 Å². The first kappa shape index (κ1) is 18.7. The summed E-state index contributed by atoms with van der Waals surface area (Å²) in [4.78, 5) is 0. The standard InChI is InChI=1S/2C6H7.C2H7Ge.Zr/c2*1-6-4-2-3-5-6;1-3-2;/h2*2,4H,3H2,1H3;3H,1-2H3;/q2*-1;;+2. The van der Waals surface area contributed by atoms with Crippen LogP contribution >= 0.6 is 0 Å². The van der Waals surface area contributed by atoms with E-state index in [1.54, 1.807) is 0 Å². The van der Waals surface area contributed by atoms with Crippen molar-refractivity contribution >= 4 is 15.4 Å². The molecule has 0 amide bonds. The van der Waals surface area contributed by atoms with Gasteiger partial charge in [-0.3, -0.25) is 12.2 Å². The Bertz CT molecular complexity index is 239. The van der Waals surface area contributed by atoms with Gasteiger partial charge in [0.25, 0.3) is 0 Å². The number of allylic oxidation sites excluding steroid dienone is 8. The van der Waals surface area contributed by atoms with Gasteiger partial charge in [-0.15, -0.1) is 12.8 Å². The van der Waals surface area contributed by atoms with Crippen LogP contribution in [0.1, 0.15) is 26.7 Å². The average Bonchev–Trinajstić information content (AvgIpc) is 2.81. The molecule has 0 fully saturated rings. The van der Waals surface area contributed by atoms with E-state index in [0.717, 1.165) is 12.8 Å². The van der Waals surface area contributed by atoms with E-state index in [0.29, 0.717) is 15.4 Å².